The first-order valence-electron chi connectivity index (χ1n) is 9.36. The van der Waals surface area contributed by atoms with Crippen LogP contribution in [0, 0.1) is 5.82 Å². The van der Waals surface area contributed by atoms with Crippen molar-refractivity contribution in [2.75, 3.05) is 20.3 Å². The maximum atomic E-state index is 13.6. The molecule has 1 unspecified atom stereocenters. The number of aromatic nitrogens is 2. The van der Waals surface area contributed by atoms with Crippen molar-refractivity contribution in [1.29, 1.82) is 0 Å². The smallest absolute Gasteiger partial charge is 0.260 e. The number of benzene rings is 2. The molecule has 0 aliphatic carbocycles. The molecular formula is C22H22FN3O4. The van der Waals surface area contributed by atoms with Crippen LogP contribution in [-0.4, -0.2) is 42.5 Å². The lowest BCUT2D eigenvalue weighted by Crippen LogP contribution is -2.38. The summed E-state index contributed by atoms with van der Waals surface area (Å²) in [5, 5.41) is 10.8. The molecule has 1 atom stereocenters. The molecule has 8 heteroatoms. The zero-order chi connectivity index (χ0) is 21.3. The van der Waals surface area contributed by atoms with Gasteiger partial charge in [-0.05, 0) is 49.4 Å². The van der Waals surface area contributed by atoms with Crippen LogP contribution >= 0.6 is 0 Å². The third-order valence-electron chi connectivity index (χ3n) is 4.19. The molecule has 0 saturated carbocycles. The summed E-state index contributed by atoms with van der Waals surface area (Å²) in [6.07, 6.45) is -0.842. The number of carbonyl (C=O) groups excluding carboxylic acids is 1. The fourth-order valence-electron chi connectivity index (χ4n) is 2.57. The van der Waals surface area contributed by atoms with Crippen LogP contribution in [0.1, 0.15) is 6.92 Å². The maximum Gasteiger partial charge on any atom is 0.260 e. The minimum absolute atomic E-state index is 0.0311. The zero-order valence-electron chi connectivity index (χ0n) is 16.7. The fraction of sp³-hybridized carbons (Fsp3) is 0.227. The van der Waals surface area contributed by atoms with Gasteiger partial charge >= 0.3 is 0 Å². The second-order valence-electron chi connectivity index (χ2n) is 6.32. The molecule has 3 aromatic rings. The number of hydrogen-bond donors (Lipinski definition) is 1. The molecule has 0 saturated heterocycles. The first-order chi connectivity index (χ1) is 14.6. The van der Waals surface area contributed by atoms with Crippen LogP contribution in [0.2, 0.25) is 0 Å². The molecule has 0 aliphatic rings. The van der Waals surface area contributed by atoms with E-state index in [4.69, 9.17) is 14.2 Å². The first kappa shape index (κ1) is 21.0. The van der Waals surface area contributed by atoms with E-state index in [9.17, 15) is 9.18 Å². The number of methoxy groups -OCH3 is 1. The Hall–Kier alpha value is -3.68. The molecular weight excluding hydrogens is 389 g/mol. The average Bonchev–Trinajstić information content (AvgIpc) is 2.78. The van der Waals surface area contributed by atoms with Crippen LogP contribution in [0.5, 0.6) is 17.4 Å². The lowest BCUT2D eigenvalue weighted by atomic mass is 10.1. The van der Waals surface area contributed by atoms with Gasteiger partial charge in [0, 0.05) is 11.6 Å². The van der Waals surface area contributed by atoms with E-state index in [0.29, 0.717) is 11.6 Å². The predicted molar refractivity (Wildman–Crippen MR) is 109 cm³/mol. The van der Waals surface area contributed by atoms with Crippen molar-refractivity contribution >= 4 is 5.91 Å². The van der Waals surface area contributed by atoms with Gasteiger partial charge in [-0.1, -0.05) is 12.1 Å². The standard InChI is InChI=1S/C22H22FN3O4/c1-15(30-20-6-4-3-5-18(20)23)22(27)24-13-14-29-21-12-11-19(25-26-21)16-7-9-17(28-2)10-8-16/h3-12,15H,13-14H2,1-2H3,(H,24,27). The first-order valence-corrected chi connectivity index (χ1v) is 9.36. The Morgan fingerprint density at radius 1 is 1.07 bits per heavy atom. The Balaban J connectivity index is 1.42. The monoisotopic (exact) mass is 411 g/mol. The topological polar surface area (TPSA) is 82.6 Å². The van der Waals surface area contributed by atoms with E-state index in [2.05, 4.69) is 15.5 Å². The molecule has 3 rings (SSSR count). The molecule has 0 spiro atoms. The summed E-state index contributed by atoms with van der Waals surface area (Å²) in [7, 11) is 1.61. The van der Waals surface area contributed by atoms with E-state index in [0.717, 1.165) is 11.3 Å². The van der Waals surface area contributed by atoms with Gasteiger partial charge in [-0.25, -0.2) is 4.39 Å². The van der Waals surface area contributed by atoms with E-state index in [1.54, 1.807) is 38.3 Å². The Morgan fingerprint density at radius 3 is 2.50 bits per heavy atom. The summed E-state index contributed by atoms with van der Waals surface area (Å²) in [6.45, 7) is 1.99. The van der Waals surface area contributed by atoms with Crippen molar-refractivity contribution in [3.05, 3.63) is 66.5 Å². The number of rotatable bonds is 9. The quantitative estimate of drug-likeness (QED) is 0.545. The predicted octanol–water partition coefficient (Wildman–Crippen LogP) is 3.25. The van der Waals surface area contributed by atoms with Gasteiger partial charge in [0.15, 0.2) is 17.7 Å². The molecule has 1 aromatic heterocycles. The van der Waals surface area contributed by atoms with Crippen molar-refractivity contribution in [1.82, 2.24) is 15.5 Å². The molecule has 0 fully saturated rings. The molecule has 1 amide bonds. The number of nitrogens with one attached hydrogen (secondary N) is 1. The van der Waals surface area contributed by atoms with E-state index >= 15 is 0 Å². The number of amides is 1. The summed E-state index contributed by atoms with van der Waals surface area (Å²) in [5.41, 5.74) is 1.61. The minimum atomic E-state index is -0.842. The van der Waals surface area contributed by atoms with Crippen molar-refractivity contribution in [2.24, 2.45) is 0 Å². The Morgan fingerprint density at radius 2 is 1.83 bits per heavy atom. The van der Waals surface area contributed by atoms with Gasteiger partial charge in [-0.15, -0.1) is 10.2 Å². The van der Waals surface area contributed by atoms with Crippen LogP contribution in [-0.2, 0) is 4.79 Å². The molecule has 0 radical (unpaired) electrons. The Labute approximate surface area is 173 Å². The SMILES string of the molecule is COc1ccc(-c2ccc(OCCNC(=O)C(C)Oc3ccccc3F)nn2)cc1. The van der Waals surface area contributed by atoms with Crippen LogP contribution in [0.3, 0.4) is 0 Å². The van der Waals surface area contributed by atoms with Gasteiger partial charge in [0.2, 0.25) is 5.88 Å². The average molecular weight is 411 g/mol. The molecule has 1 N–H and O–H groups in total. The van der Waals surface area contributed by atoms with Gasteiger partial charge < -0.3 is 19.5 Å². The van der Waals surface area contributed by atoms with Gasteiger partial charge in [-0.2, -0.15) is 0 Å². The molecule has 1 heterocycles. The maximum absolute atomic E-state index is 13.6. The van der Waals surface area contributed by atoms with Crippen molar-refractivity contribution in [2.45, 2.75) is 13.0 Å². The molecule has 0 bridgehead atoms. The normalized spacial score (nSPS) is 11.4. The van der Waals surface area contributed by atoms with Gasteiger partial charge in [0.25, 0.3) is 5.91 Å². The van der Waals surface area contributed by atoms with Crippen LogP contribution in [0.4, 0.5) is 4.39 Å². The highest BCUT2D eigenvalue weighted by Gasteiger charge is 2.16. The van der Waals surface area contributed by atoms with E-state index in [1.807, 2.05) is 24.3 Å². The van der Waals surface area contributed by atoms with Gasteiger partial charge in [-0.3, -0.25) is 4.79 Å². The number of carbonyl (C=O) groups is 1. The Kier molecular flexibility index (Phi) is 7.15. The van der Waals surface area contributed by atoms with Crippen LogP contribution in [0.15, 0.2) is 60.7 Å². The summed E-state index contributed by atoms with van der Waals surface area (Å²) >= 11 is 0. The highest BCUT2D eigenvalue weighted by molar-refractivity contribution is 5.80. The lowest BCUT2D eigenvalue weighted by Gasteiger charge is -2.15. The molecule has 156 valence electrons. The highest BCUT2D eigenvalue weighted by Crippen LogP contribution is 2.21. The van der Waals surface area contributed by atoms with Crippen molar-refractivity contribution < 1.29 is 23.4 Å². The van der Waals surface area contributed by atoms with E-state index in [-0.39, 0.29) is 24.8 Å². The highest BCUT2D eigenvalue weighted by atomic mass is 19.1. The molecule has 30 heavy (non-hydrogen) atoms. The molecule has 2 aromatic carbocycles. The van der Waals surface area contributed by atoms with Gasteiger partial charge in [0.1, 0.15) is 12.4 Å². The lowest BCUT2D eigenvalue weighted by molar-refractivity contribution is -0.127. The number of halogens is 1. The second-order valence-corrected chi connectivity index (χ2v) is 6.32. The Bertz CT molecular complexity index is 965. The number of ether oxygens (including phenoxy) is 3. The number of para-hydroxylation sites is 1. The third kappa shape index (κ3) is 5.66. The summed E-state index contributed by atoms with van der Waals surface area (Å²) < 4.78 is 29.5. The third-order valence-corrected chi connectivity index (χ3v) is 4.19. The minimum Gasteiger partial charge on any atom is -0.497 e. The van der Waals surface area contributed by atoms with E-state index in [1.165, 1.54) is 12.1 Å². The van der Waals surface area contributed by atoms with Crippen molar-refractivity contribution in [3.63, 3.8) is 0 Å². The second kappa shape index (κ2) is 10.2. The zero-order valence-corrected chi connectivity index (χ0v) is 16.7. The number of hydrogen-bond acceptors (Lipinski definition) is 6. The molecule has 0 aliphatic heterocycles. The fourth-order valence-corrected chi connectivity index (χ4v) is 2.57. The van der Waals surface area contributed by atoms with Crippen molar-refractivity contribution in [3.8, 4) is 28.6 Å². The molecule has 7 nitrogen and oxygen atoms in total. The van der Waals surface area contributed by atoms with Gasteiger partial charge in [0.05, 0.1) is 19.3 Å². The van der Waals surface area contributed by atoms with E-state index < -0.39 is 11.9 Å². The largest absolute Gasteiger partial charge is 0.497 e. The summed E-state index contributed by atoms with van der Waals surface area (Å²) in [4.78, 5) is 12.1. The summed E-state index contributed by atoms with van der Waals surface area (Å²) in [5.74, 6) is 0.253. The van der Waals surface area contributed by atoms with Crippen LogP contribution < -0.4 is 19.5 Å². The summed E-state index contributed by atoms with van der Waals surface area (Å²) in [6, 6.07) is 16.9. The number of nitrogens with zero attached hydrogens (tertiary/aromatic N) is 2. The van der Waals surface area contributed by atoms with Crippen LogP contribution in [0.25, 0.3) is 11.3 Å².